The lowest BCUT2D eigenvalue weighted by atomic mass is 10.1. The van der Waals surface area contributed by atoms with Gasteiger partial charge in [-0.05, 0) is 26.2 Å². The van der Waals surface area contributed by atoms with Crippen molar-refractivity contribution < 1.29 is 9.47 Å². The number of aliphatic imine (C=N–C) groups is 1. The molecule has 0 spiro atoms. The van der Waals surface area contributed by atoms with E-state index in [2.05, 4.69) is 39.7 Å². The van der Waals surface area contributed by atoms with Crippen LogP contribution in [0.4, 0.5) is 0 Å². The average molecular weight is 372 g/mol. The molecule has 1 aromatic heterocycles. The number of ether oxygens (including phenoxy) is 2. The highest BCUT2D eigenvalue weighted by molar-refractivity contribution is 5.79. The first-order valence-corrected chi connectivity index (χ1v) is 9.04. The molecule has 0 saturated carbocycles. The van der Waals surface area contributed by atoms with E-state index in [1.54, 1.807) is 7.05 Å². The molecule has 8 nitrogen and oxygen atoms in total. The van der Waals surface area contributed by atoms with Gasteiger partial charge < -0.3 is 25.0 Å². The van der Waals surface area contributed by atoms with Gasteiger partial charge in [0.2, 0.25) is 0 Å². The van der Waals surface area contributed by atoms with Crippen LogP contribution in [-0.4, -0.2) is 67.6 Å². The average Bonchev–Trinajstić information content (AvgIpc) is 3.10. The molecular weight excluding hydrogens is 344 g/mol. The van der Waals surface area contributed by atoms with Gasteiger partial charge >= 0.3 is 0 Å². The van der Waals surface area contributed by atoms with Crippen molar-refractivity contribution in [2.45, 2.75) is 12.1 Å². The van der Waals surface area contributed by atoms with E-state index in [-0.39, 0.29) is 12.1 Å². The fourth-order valence-electron chi connectivity index (χ4n) is 3.00. The SMILES string of the molecule is CN=C(NCC1COc2ccccc2O1)NCC(c1cnn(C)c1)N(C)C. The zero-order valence-corrected chi connectivity index (χ0v) is 16.3. The predicted octanol–water partition coefficient (Wildman–Crippen LogP) is 1.03. The number of hydrogen-bond acceptors (Lipinski definition) is 5. The number of para-hydroxylation sites is 2. The summed E-state index contributed by atoms with van der Waals surface area (Å²) in [5, 5.41) is 11.0. The van der Waals surface area contributed by atoms with Crippen molar-refractivity contribution in [1.82, 2.24) is 25.3 Å². The van der Waals surface area contributed by atoms with Gasteiger partial charge in [-0.25, -0.2) is 0 Å². The van der Waals surface area contributed by atoms with E-state index >= 15 is 0 Å². The van der Waals surface area contributed by atoms with Crippen LogP contribution in [0.1, 0.15) is 11.6 Å². The highest BCUT2D eigenvalue weighted by atomic mass is 16.6. The topological polar surface area (TPSA) is 75.9 Å². The van der Waals surface area contributed by atoms with Crippen LogP contribution >= 0.6 is 0 Å². The number of fused-ring (bicyclic) bond motifs is 1. The molecule has 1 aliphatic rings. The van der Waals surface area contributed by atoms with Crippen molar-refractivity contribution >= 4 is 5.96 Å². The van der Waals surface area contributed by atoms with E-state index in [4.69, 9.17) is 9.47 Å². The van der Waals surface area contributed by atoms with Crippen LogP contribution < -0.4 is 20.1 Å². The summed E-state index contributed by atoms with van der Waals surface area (Å²) >= 11 is 0. The van der Waals surface area contributed by atoms with Gasteiger partial charge in [-0.2, -0.15) is 5.10 Å². The van der Waals surface area contributed by atoms with E-state index in [0.717, 1.165) is 23.0 Å². The van der Waals surface area contributed by atoms with Crippen LogP contribution in [0.25, 0.3) is 0 Å². The Hall–Kier alpha value is -2.74. The van der Waals surface area contributed by atoms with E-state index in [9.17, 15) is 0 Å². The van der Waals surface area contributed by atoms with Gasteiger partial charge in [0.25, 0.3) is 0 Å². The lowest BCUT2D eigenvalue weighted by Crippen LogP contribution is -2.47. The van der Waals surface area contributed by atoms with Gasteiger partial charge in [-0.15, -0.1) is 0 Å². The van der Waals surface area contributed by atoms with Crippen molar-refractivity contribution in [2.75, 3.05) is 40.8 Å². The third kappa shape index (κ3) is 4.91. The molecule has 8 heteroatoms. The highest BCUT2D eigenvalue weighted by Gasteiger charge is 2.21. The molecule has 0 fully saturated rings. The molecule has 0 radical (unpaired) electrons. The fraction of sp³-hybridized carbons (Fsp3) is 0.474. The zero-order valence-electron chi connectivity index (χ0n) is 16.3. The second kappa shape index (κ2) is 8.77. The van der Waals surface area contributed by atoms with Crippen molar-refractivity contribution in [3.05, 3.63) is 42.2 Å². The Bertz CT molecular complexity index is 773. The van der Waals surface area contributed by atoms with E-state index in [1.807, 2.05) is 48.4 Å². The Morgan fingerprint density at radius 3 is 2.78 bits per heavy atom. The van der Waals surface area contributed by atoms with Gasteiger partial charge in [0.05, 0.1) is 18.8 Å². The maximum atomic E-state index is 5.97. The van der Waals surface area contributed by atoms with E-state index in [1.165, 1.54) is 0 Å². The smallest absolute Gasteiger partial charge is 0.191 e. The summed E-state index contributed by atoms with van der Waals surface area (Å²) in [4.78, 5) is 6.46. The lowest BCUT2D eigenvalue weighted by Gasteiger charge is -2.28. The number of aryl methyl sites for hydroxylation is 1. The number of aromatic nitrogens is 2. The number of likely N-dealkylation sites (N-methyl/N-ethyl adjacent to an activating group) is 1. The maximum absolute atomic E-state index is 5.97. The van der Waals surface area contributed by atoms with Crippen molar-refractivity contribution in [3.63, 3.8) is 0 Å². The quantitative estimate of drug-likeness (QED) is 0.583. The summed E-state index contributed by atoms with van der Waals surface area (Å²) in [6.07, 6.45) is 3.86. The summed E-state index contributed by atoms with van der Waals surface area (Å²) in [7, 11) is 7.80. The van der Waals surface area contributed by atoms with E-state index in [0.29, 0.717) is 19.7 Å². The standard InChI is InChI=1S/C19H28N6O2/c1-20-19(22-11-16(24(2)3)14-9-23-25(4)12-14)21-10-15-13-26-17-7-5-6-8-18(17)27-15/h5-9,12,15-16H,10-11,13H2,1-4H3,(H2,20,21,22). The van der Waals surface area contributed by atoms with Crippen LogP contribution in [0.2, 0.25) is 0 Å². The highest BCUT2D eigenvalue weighted by Crippen LogP contribution is 2.30. The number of nitrogens with one attached hydrogen (secondary N) is 2. The second-order valence-corrected chi connectivity index (χ2v) is 6.76. The minimum absolute atomic E-state index is 0.0681. The molecule has 146 valence electrons. The zero-order chi connectivity index (χ0) is 19.2. The molecule has 0 aliphatic carbocycles. The second-order valence-electron chi connectivity index (χ2n) is 6.76. The van der Waals surface area contributed by atoms with Crippen molar-refractivity contribution in [1.29, 1.82) is 0 Å². The van der Waals surface area contributed by atoms with Crippen LogP contribution in [0.3, 0.4) is 0 Å². The molecule has 1 aromatic carbocycles. The number of hydrogen-bond donors (Lipinski definition) is 2. The largest absolute Gasteiger partial charge is 0.486 e. The number of nitrogens with zero attached hydrogens (tertiary/aromatic N) is 4. The molecule has 2 N–H and O–H groups in total. The Labute approximate surface area is 160 Å². The Morgan fingerprint density at radius 1 is 1.33 bits per heavy atom. The Kier molecular flexibility index (Phi) is 6.18. The summed E-state index contributed by atoms with van der Waals surface area (Å²) in [6.45, 7) is 1.83. The van der Waals surface area contributed by atoms with Crippen LogP contribution in [-0.2, 0) is 7.05 Å². The summed E-state index contributed by atoms with van der Waals surface area (Å²) in [5.74, 6) is 2.30. The third-order valence-electron chi connectivity index (χ3n) is 4.48. The Balaban J connectivity index is 1.51. The molecule has 0 saturated heterocycles. The Morgan fingerprint density at radius 2 is 2.11 bits per heavy atom. The van der Waals surface area contributed by atoms with Crippen LogP contribution in [0.15, 0.2) is 41.7 Å². The van der Waals surface area contributed by atoms with Crippen molar-refractivity contribution in [2.24, 2.45) is 12.0 Å². The van der Waals surface area contributed by atoms with Gasteiger partial charge in [0.15, 0.2) is 17.5 Å². The molecular formula is C19H28N6O2. The molecule has 0 bridgehead atoms. The number of guanidine groups is 1. The first-order chi connectivity index (χ1) is 13.1. The van der Waals surface area contributed by atoms with Crippen molar-refractivity contribution in [3.8, 4) is 11.5 Å². The molecule has 1 aliphatic heterocycles. The normalized spacial score (nSPS) is 17.7. The molecule has 3 rings (SSSR count). The molecule has 0 amide bonds. The van der Waals surface area contributed by atoms with Gasteiger partial charge in [0, 0.05) is 32.4 Å². The predicted molar refractivity (Wildman–Crippen MR) is 105 cm³/mol. The van der Waals surface area contributed by atoms with Gasteiger partial charge in [0.1, 0.15) is 12.7 Å². The number of rotatable bonds is 6. The summed E-state index contributed by atoms with van der Waals surface area (Å²) < 4.78 is 13.5. The molecule has 2 unspecified atom stereocenters. The van der Waals surface area contributed by atoms with Crippen LogP contribution in [0, 0.1) is 0 Å². The molecule has 2 atom stereocenters. The molecule has 2 aromatic rings. The maximum Gasteiger partial charge on any atom is 0.191 e. The lowest BCUT2D eigenvalue weighted by molar-refractivity contribution is 0.0936. The fourth-order valence-corrected chi connectivity index (χ4v) is 3.00. The summed E-state index contributed by atoms with van der Waals surface area (Å²) in [6, 6.07) is 7.91. The first-order valence-electron chi connectivity index (χ1n) is 9.04. The van der Waals surface area contributed by atoms with Gasteiger partial charge in [-0.1, -0.05) is 12.1 Å². The van der Waals surface area contributed by atoms with Crippen LogP contribution in [0.5, 0.6) is 11.5 Å². The van der Waals surface area contributed by atoms with Gasteiger partial charge in [-0.3, -0.25) is 9.67 Å². The minimum Gasteiger partial charge on any atom is -0.486 e. The number of benzene rings is 1. The summed E-state index contributed by atoms with van der Waals surface area (Å²) in [5.41, 5.74) is 1.16. The monoisotopic (exact) mass is 372 g/mol. The third-order valence-corrected chi connectivity index (χ3v) is 4.48. The minimum atomic E-state index is -0.0681. The first kappa shape index (κ1) is 19.0. The molecule has 27 heavy (non-hydrogen) atoms. The molecule has 2 heterocycles. The van der Waals surface area contributed by atoms with E-state index < -0.39 is 0 Å².